The summed E-state index contributed by atoms with van der Waals surface area (Å²) in [5.41, 5.74) is 11.6. The number of nitrogens with zero attached hydrogens (tertiary/aromatic N) is 3. The maximum atomic E-state index is 12.2. The van der Waals surface area contributed by atoms with Crippen LogP contribution < -0.4 is 10.5 Å². The van der Waals surface area contributed by atoms with Crippen LogP contribution in [-0.4, -0.2) is 27.0 Å². The van der Waals surface area contributed by atoms with Crippen molar-refractivity contribution in [2.24, 2.45) is 10.7 Å². The number of thioether (sulfide) groups is 1. The lowest BCUT2D eigenvalue weighted by atomic mass is 9.99. The Balaban J connectivity index is 1.65. The van der Waals surface area contributed by atoms with Gasteiger partial charge in [0.2, 0.25) is 0 Å². The summed E-state index contributed by atoms with van der Waals surface area (Å²) in [5, 5.41) is 5.13. The predicted octanol–water partition coefficient (Wildman–Crippen LogP) is 4.10. The van der Waals surface area contributed by atoms with Gasteiger partial charge in [-0.1, -0.05) is 18.2 Å². The van der Waals surface area contributed by atoms with Gasteiger partial charge >= 0.3 is 0 Å². The highest BCUT2D eigenvalue weighted by atomic mass is 32.2. The third-order valence-corrected chi connectivity index (χ3v) is 5.95. The van der Waals surface area contributed by atoms with Gasteiger partial charge in [-0.15, -0.1) is 0 Å². The zero-order valence-corrected chi connectivity index (χ0v) is 17.4. The molecule has 0 fully saturated rings. The van der Waals surface area contributed by atoms with Gasteiger partial charge in [0, 0.05) is 23.7 Å². The van der Waals surface area contributed by atoms with E-state index in [1.54, 1.807) is 0 Å². The number of rotatable bonds is 3. The molecule has 6 nitrogen and oxygen atoms in total. The number of amides is 1. The minimum atomic E-state index is -0.316. The van der Waals surface area contributed by atoms with Gasteiger partial charge < -0.3 is 10.5 Å². The largest absolute Gasteiger partial charge is 0.490 e. The molecule has 3 heterocycles. The van der Waals surface area contributed by atoms with Crippen molar-refractivity contribution in [3.05, 3.63) is 70.3 Å². The minimum Gasteiger partial charge on any atom is -0.490 e. The first-order valence-electron chi connectivity index (χ1n) is 9.71. The Morgan fingerprint density at radius 2 is 2.07 bits per heavy atom. The second kappa shape index (κ2) is 7.18. The van der Waals surface area contributed by atoms with Crippen LogP contribution in [0.5, 0.6) is 5.75 Å². The van der Waals surface area contributed by atoms with Gasteiger partial charge in [-0.3, -0.25) is 4.79 Å². The monoisotopic (exact) mass is 416 g/mol. The smallest absolute Gasteiger partial charge is 0.286 e. The molecule has 3 aromatic rings. The van der Waals surface area contributed by atoms with Crippen molar-refractivity contribution in [1.82, 2.24) is 9.78 Å². The Morgan fingerprint density at radius 3 is 2.80 bits per heavy atom. The second-order valence-electron chi connectivity index (χ2n) is 7.49. The van der Waals surface area contributed by atoms with E-state index in [-0.39, 0.29) is 17.2 Å². The Morgan fingerprint density at radius 1 is 1.27 bits per heavy atom. The molecule has 0 bridgehead atoms. The molecule has 2 aliphatic heterocycles. The van der Waals surface area contributed by atoms with Gasteiger partial charge in [-0.25, -0.2) is 4.68 Å². The first kappa shape index (κ1) is 18.7. The molecule has 1 amide bonds. The van der Waals surface area contributed by atoms with Crippen LogP contribution in [0.3, 0.4) is 0 Å². The first-order chi connectivity index (χ1) is 14.5. The summed E-state index contributed by atoms with van der Waals surface area (Å²) in [6, 6.07) is 14.1. The van der Waals surface area contributed by atoms with Crippen LogP contribution >= 0.6 is 11.8 Å². The maximum Gasteiger partial charge on any atom is 0.286 e. The average molecular weight is 417 g/mol. The second-order valence-corrected chi connectivity index (χ2v) is 8.56. The number of benzene rings is 2. The number of ether oxygens (including phenoxy) is 1. The highest BCUT2D eigenvalue weighted by molar-refractivity contribution is 8.18. The van der Waals surface area contributed by atoms with Crippen molar-refractivity contribution in [2.75, 3.05) is 0 Å². The van der Waals surface area contributed by atoms with Crippen LogP contribution in [0.2, 0.25) is 0 Å². The Bertz CT molecular complexity index is 1230. The lowest BCUT2D eigenvalue weighted by Gasteiger charge is -2.08. The van der Waals surface area contributed by atoms with Crippen LogP contribution in [0.4, 0.5) is 0 Å². The number of aromatic nitrogens is 2. The normalized spacial score (nSPS) is 19.1. The van der Waals surface area contributed by atoms with E-state index in [0.717, 1.165) is 40.2 Å². The van der Waals surface area contributed by atoms with Crippen molar-refractivity contribution < 1.29 is 9.53 Å². The number of hydrogen-bond acceptors (Lipinski definition) is 5. The quantitative estimate of drug-likeness (QED) is 0.650. The van der Waals surface area contributed by atoms with Crippen LogP contribution in [-0.2, 0) is 11.2 Å². The molecule has 0 radical (unpaired) electrons. The van der Waals surface area contributed by atoms with Gasteiger partial charge in [0.15, 0.2) is 5.17 Å². The van der Waals surface area contributed by atoms with E-state index in [9.17, 15) is 4.79 Å². The number of para-hydroxylation sites is 1. The molecule has 1 atom stereocenters. The zero-order chi connectivity index (χ0) is 20.8. The zero-order valence-electron chi connectivity index (χ0n) is 16.6. The van der Waals surface area contributed by atoms with Gasteiger partial charge in [-0.2, -0.15) is 10.1 Å². The standard InChI is InChI=1S/C23H20N4O2S/c1-13-8-15(10-16-9-14(2)29-21(13)16)20-17(11-19-22(28)25-23(24)30-19)12-27(26-20)18-6-4-3-5-7-18/h3-8,10-12,14H,9H2,1-2H3,(H2,24,25,28)/b19-11-/t14-/m1/s1. The number of hydrogen-bond donors (Lipinski definition) is 1. The first-order valence-corrected chi connectivity index (χ1v) is 10.5. The molecular formula is C23H20N4O2S. The summed E-state index contributed by atoms with van der Waals surface area (Å²) >= 11 is 1.18. The summed E-state index contributed by atoms with van der Waals surface area (Å²) in [4.78, 5) is 16.5. The number of aryl methyl sites for hydroxylation is 1. The molecule has 2 aromatic carbocycles. The van der Waals surface area contributed by atoms with E-state index in [2.05, 4.69) is 31.0 Å². The van der Waals surface area contributed by atoms with Gasteiger partial charge in [-0.05, 0) is 67.1 Å². The van der Waals surface area contributed by atoms with Crippen molar-refractivity contribution >= 4 is 28.9 Å². The number of fused-ring (bicyclic) bond motifs is 1. The fourth-order valence-electron chi connectivity index (χ4n) is 3.85. The van der Waals surface area contributed by atoms with Crippen LogP contribution in [0.15, 0.2) is 58.6 Å². The van der Waals surface area contributed by atoms with Crippen molar-refractivity contribution in [3.8, 4) is 22.7 Å². The molecule has 30 heavy (non-hydrogen) atoms. The third kappa shape index (κ3) is 3.31. The molecule has 2 aliphatic rings. The van der Waals surface area contributed by atoms with E-state index in [1.165, 1.54) is 17.3 Å². The number of nitrogens with two attached hydrogens (primary N) is 1. The molecule has 0 saturated heterocycles. The third-order valence-electron chi connectivity index (χ3n) is 5.14. The van der Waals surface area contributed by atoms with E-state index < -0.39 is 0 Å². The average Bonchev–Trinajstić information content (AvgIpc) is 3.39. The molecule has 0 unspecified atom stereocenters. The number of carbonyl (C=O) groups is 1. The van der Waals surface area contributed by atoms with Gasteiger partial charge in [0.25, 0.3) is 5.91 Å². The lowest BCUT2D eigenvalue weighted by molar-refractivity contribution is -0.113. The van der Waals surface area contributed by atoms with E-state index in [1.807, 2.05) is 47.3 Å². The predicted molar refractivity (Wildman–Crippen MR) is 120 cm³/mol. The summed E-state index contributed by atoms with van der Waals surface area (Å²) in [7, 11) is 0. The summed E-state index contributed by atoms with van der Waals surface area (Å²) in [6.45, 7) is 4.13. The Kier molecular flexibility index (Phi) is 4.47. The lowest BCUT2D eigenvalue weighted by Crippen LogP contribution is -2.05. The van der Waals surface area contributed by atoms with Crippen LogP contribution in [0, 0.1) is 6.92 Å². The number of carbonyl (C=O) groups excluding carboxylic acids is 1. The minimum absolute atomic E-state index is 0.171. The molecule has 0 aliphatic carbocycles. The summed E-state index contributed by atoms with van der Waals surface area (Å²) < 4.78 is 7.78. The molecule has 5 rings (SSSR count). The van der Waals surface area contributed by atoms with Crippen molar-refractivity contribution in [1.29, 1.82) is 0 Å². The SMILES string of the molecule is Cc1cc(-c2nn(-c3ccccc3)cc2/C=C2\SC(N)=NC2=O)cc2c1O[C@H](C)C2. The van der Waals surface area contributed by atoms with E-state index in [4.69, 9.17) is 15.6 Å². The summed E-state index contributed by atoms with van der Waals surface area (Å²) in [5.74, 6) is 0.652. The highest BCUT2D eigenvalue weighted by Crippen LogP contribution is 2.38. The summed E-state index contributed by atoms with van der Waals surface area (Å²) in [6.07, 6.45) is 4.80. The van der Waals surface area contributed by atoms with Crippen LogP contribution in [0.1, 0.15) is 23.6 Å². The highest BCUT2D eigenvalue weighted by Gasteiger charge is 2.25. The van der Waals surface area contributed by atoms with E-state index >= 15 is 0 Å². The molecule has 150 valence electrons. The van der Waals surface area contributed by atoms with Gasteiger partial charge in [0.1, 0.15) is 17.5 Å². The van der Waals surface area contributed by atoms with Crippen LogP contribution in [0.25, 0.3) is 23.0 Å². The number of aliphatic imine (C=N–C) groups is 1. The van der Waals surface area contributed by atoms with Crippen molar-refractivity contribution in [2.45, 2.75) is 26.4 Å². The molecule has 0 spiro atoms. The molecule has 7 heteroatoms. The topological polar surface area (TPSA) is 82.5 Å². The molecule has 0 saturated carbocycles. The molecular weight excluding hydrogens is 396 g/mol. The van der Waals surface area contributed by atoms with Gasteiger partial charge in [0.05, 0.1) is 10.6 Å². The fourth-order valence-corrected chi connectivity index (χ4v) is 4.53. The molecule has 1 aromatic heterocycles. The Labute approximate surface area is 178 Å². The number of amidine groups is 1. The Hall–Kier alpha value is -3.32. The fraction of sp³-hybridized carbons (Fsp3) is 0.174. The van der Waals surface area contributed by atoms with E-state index in [0.29, 0.717) is 4.91 Å². The van der Waals surface area contributed by atoms with Crippen molar-refractivity contribution in [3.63, 3.8) is 0 Å². The maximum absolute atomic E-state index is 12.2. The molecule has 2 N–H and O–H groups in total.